The summed E-state index contributed by atoms with van der Waals surface area (Å²) < 4.78 is 0. The summed E-state index contributed by atoms with van der Waals surface area (Å²) in [5, 5.41) is 0. The van der Waals surface area contributed by atoms with Gasteiger partial charge in [0.15, 0.2) is 0 Å². The number of hydrogen-bond donors (Lipinski definition) is 1. The molecule has 0 spiro atoms. The molecular formula is C12H25N3. The Hall–Kier alpha value is -0.380. The molecule has 0 bridgehead atoms. The molecule has 3 heteroatoms. The zero-order chi connectivity index (χ0) is 11.4. The fraction of sp³-hybridized carbons (Fsp3) is 0.833. The first kappa shape index (κ1) is 12.7. The van der Waals surface area contributed by atoms with Gasteiger partial charge in [-0.05, 0) is 33.9 Å². The predicted octanol–water partition coefficient (Wildman–Crippen LogP) is 0.916. The minimum absolute atomic E-state index is 0.265. The number of likely N-dealkylation sites (N-methyl/N-ethyl adjacent to an activating group) is 2. The summed E-state index contributed by atoms with van der Waals surface area (Å²) in [6, 6.07) is 0.875. The van der Waals surface area contributed by atoms with Crippen LogP contribution in [0.1, 0.15) is 19.8 Å². The Balaban J connectivity index is 2.38. The zero-order valence-corrected chi connectivity index (χ0v) is 10.4. The van der Waals surface area contributed by atoms with E-state index >= 15 is 0 Å². The van der Waals surface area contributed by atoms with E-state index in [-0.39, 0.29) is 6.04 Å². The smallest absolute Gasteiger partial charge is 0.0235 e. The van der Waals surface area contributed by atoms with Gasteiger partial charge in [0.05, 0.1) is 0 Å². The summed E-state index contributed by atoms with van der Waals surface area (Å²) in [6.07, 6.45) is 2.03. The first-order valence-electron chi connectivity index (χ1n) is 5.77. The van der Waals surface area contributed by atoms with E-state index in [1.807, 2.05) is 0 Å². The van der Waals surface area contributed by atoms with Crippen molar-refractivity contribution in [3.63, 3.8) is 0 Å². The van der Waals surface area contributed by atoms with Crippen molar-refractivity contribution in [2.75, 3.05) is 33.7 Å². The van der Waals surface area contributed by atoms with Gasteiger partial charge < -0.3 is 15.5 Å². The largest absolute Gasteiger partial charge is 0.327 e. The topological polar surface area (TPSA) is 32.5 Å². The number of rotatable bonds is 4. The third-order valence-corrected chi connectivity index (χ3v) is 3.17. The van der Waals surface area contributed by atoms with E-state index in [1.54, 1.807) is 0 Å². The molecule has 88 valence electrons. The molecule has 1 rings (SSSR count). The van der Waals surface area contributed by atoms with Crippen LogP contribution >= 0.6 is 0 Å². The lowest BCUT2D eigenvalue weighted by molar-refractivity contribution is 0.104. The molecule has 0 saturated carbocycles. The molecule has 0 amide bonds. The van der Waals surface area contributed by atoms with Crippen molar-refractivity contribution in [1.29, 1.82) is 0 Å². The lowest BCUT2D eigenvalue weighted by atomic mass is 9.99. The van der Waals surface area contributed by atoms with Crippen molar-refractivity contribution in [2.45, 2.75) is 31.8 Å². The molecule has 0 aromatic heterocycles. The van der Waals surface area contributed by atoms with Gasteiger partial charge in [0.25, 0.3) is 0 Å². The van der Waals surface area contributed by atoms with E-state index in [0.717, 1.165) is 25.9 Å². The van der Waals surface area contributed by atoms with Crippen molar-refractivity contribution in [1.82, 2.24) is 9.80 Å². The molecular weight excluding hydrogens is 186 g/mol. The van der Waals surface area contributed by atoms with Gasteiger partial charge in [-0.3, -0.25) is 0 Å². The lowest BCUT2D eigenvalue weighted by Gasteiger charge is -2.38. The second-order valence-electron chi connectivity index (χ2n) is 5.05. The summed E-state index contributed by atoms with van der Waals surface area (Å²) in [5.41, 5.74) is 7.30. The molecule has 1 saturated heterocycles. The van der Waals surface area contributed by atoms with Gasteiger partial charge >= 0.3 is 0 Å². The average molecular weight is 211 g/mol. The van der Waals surface area contributed by atoms with Gasteiger partial charge in [-0.25, -0.2) is 0 Å². The Morgan fingerprint density at radius 1 is 1.47 bits per heavy atom. The summed E-state index contributed by atoms with van der Waals surface area (Å²) >= 11 is 0. The lowest BCUT2D eigenvalue weighted by Crippen LogP contribution is -2.51. The van der Waals surface area contributed by atoms with Crippen LogP contribution in [0, 0.1) is 0 Å². The van der Waals surface area contributed by atoms with Crippen molar-refractivity contribution in [3.8, 4) is 0 Å². The predicted molar refractivity (Wildman–Crippen MR) is 65.9 cm³/mol. The third kappa shape index (κ3) is 4.33. The number of nitrogens with zero attached hydrogens (tertiary/aromatic N) is 2. The molecule has 0 aliphatic carbocycles. The molecule has 0 radical (unpaired) electrons. The molecule has 1 fully saturated rings. The highest BCUT2D eigenvalue weighted by molar-refractivity contribution is 4.93. The molecule has 0 aromatic rings. The average Bonchev–Trinajstić information content (AvgIpc) is 2.10. The van der Waals surface area contributed by atoms with Crippen molar-refractivity contribution in [3.05, 3.63) is 12.2 Å². The Labute approximate surface area is 93.9 Å². The minimum atomic E-state index is 0.265. The van der Waals surface area contributed by atoms with E-state index in [9.17, 15) is 0 Å². The first-order valence-corrected chi connectivity index (χ1v) is 5.77. The third-order valence-electron chi connectivity index (χ3n) is 3.17. The highest BCUT2D eigenvalue weighted by Gasteiger charge is 2.23. The SMILES string of the molecule is C=C(C)CC(N)CC1CN(C)CCN1C. The van der Waals surface area contributed by atoms with Crippen molar-refractivity contribution < 1.29 is 0 Å². The van der Waals surface area contributed by atoms with Gasteiger partial charge in [-0.15, -0.1) is 6.58 Å². The fourth-order valence-corrected chi connectivity index (χ4v) is 2.24. The van der Waals surface area contributed by atoms with Crippen LogP contribution in [-0.2, 0) is 0 Å². The van der Waals surface area contributed by atoms with E-state index in [1.165, 1.54) is 12.1 Å². The van der Waals surface area contributed by atoms with Crippen LogP contribution in [0.2, 0.25) is 0 Å². The first-order chi connectivity index (χ1) is 6.99. The summed E-state index contributed by atoms with van der Waals surface area (Å²) in [4.78, 5) is 4.82. The normalized spacial score (nSPS) is 26.5. The zero-order valence-electron chi connectivity index (χ0n) is 10.4. The monoisotopic (exact) mass is 211 g/mol. The van der Waals surface area contributed by atoms with Crippen LogP contribution in [-0.4, -0.2) is 55.6 Å². The number of piperazine rings is 1. The number of hydrogen-bond acceptors (Lipinski definition) is 3. The van der Waals surface area contributed by atoms with Crippen molar-refractivity contribution in [2.24, 2.45) is 5.73 Å². The maximum atomic E-state index is 6.11. The maximum Gasteiger partial charge on any atom is 0.0235 e. The van der Waals surface area contributed by atoms with Gasteiger partial charge in [0.2, 0.25) is 0 Å². The van der Waals surface area contributed by atoms with Gasteiger partial charge in [-0.1, -0.05) is 5.57 Å². The number of nitrogens with two attached hydrogens (primary N) is 1. The molecule has 3 nitrogen and oxygen atoms in total. The van der Waals surface area contributed by atoms with E-state index in [4.69, 9.17) is 5.73 Å². The van der Waals surface area contributed by atoms with Crippen molar-refractivity contribution >= 4 is 0 Å². The Morgan fingerprint density at radius 2 is 2.13 bits per heavy atom. The highest BCUT2D eigenvalue weighted by atomic mass is 15.3. The molecule has 1 heterocycles. The quantitative estimate of drug-likeness (QED) is 0.702. The Bertz CT molecular complexity index is 215. The Morgan fingerprint density at radius 3 is 2.73 bits per heavy atom. The van der Waals surface area contributed by atoms with Gasteiger partial charge in [0.1, 0.15) is 0 Å². The fourth-order valence-electron chi connectivity index (χ4n) is 2.24. The molecule has 0 aromatic carbocycles. The molecule has 2 unspecified atom stereocenters. The maximum absolute atomic E-state index is 6.11. The van der Waals surface area contributed by atoms with Crippen LogP contribution in [0.25, 0.3) is 0 Å². The van der Waals surface area contributed by atoms with Crippen LogP contribution in [0.5, 0.6) is 0 Å². The van der Waals surface area contributed by atoms with Crippen LogP contribution < -0.4 is 5.73 Å². The second-order valence-corrected chi connectivity index (χ2v) is 5.05. The molecule has 2 atom stereocenters. The van der Waals surface area contributed by atoms with Gasteiger partial charge in [-0.2, -0.15) is 0 Å². The van der Waals surface area contributed by atoms with Gasteiger partial charge in [0, 0.05) is 31.7 Å². The summed E-state index contributed by atoms with van der Waals surface area (Å²) in [7, 11) is 4.38. The van der Waals surface area contributed by atoms with E-state index in [0.29, 0.717) is 6.04 Å². The molecule has 2 N–H and O–H groups in total. The van der Waals surface area contributed by atoms with E-state index < -0.39 is 0 Å². The second kappa shape index (κ2) is 5.64. The minimum Gasteiger partial charge on any atom is -0.327 e. The van der Waals surface area contributed by atoms with Crippen LogP contribution in [0.3, 0.4) is 0 Å². The van der Waals surface area contributed by atoms with E-state index in [2.05, 4.69) is 37.4 Å². The van der Waals surface area contributed by atoms with Crippen LogP contribution in [0.15, 0.2) is 12.2 Å². The summed E-state index contributed by atoms with van der Waals surface area (Å²) in [6.45, 7) is 9.43. The summed E-state index contributed by atoms with van der Waals surface area (Å²) in [5.74, 6) is 0. The highest BCUT2D eigenvalue weighted by Crippen LogP contribution is 2.13. The standard InChI is InChI=1S/C12H25N3/c1-10(2)7-11(13)8-12-9-14(3)5-6-15(12)4/h11-12H,1,5-9,13H2,2-4H3. The Kier molecular flexibility index (Phi) is 4.77. The molecule has 1 aliphatic rings. The molecule has 15 heavy (non-hydrogen) atoms. The molecule has 1 aliphatic heterocycles. The van der Waals surface area contributed by atoms with Crippen LogP contribution in [0.4, 0.5) is 0 Å².